The van der Waals surface area contributed by atoms with Crippen LogP contribution in [0, 0.1) is 0 Å². The predicted molar refractivity (Wildman–Crippen MR) is 136 cm³/mol. The Bertz CT molecular complexity index is 1050. The van der Waals surface area contributed by atoms with Gasteiger partial charge in [0.25, 0.3) is 0 Å². The number of hydrogen-bond donors (Lipinski definition) is 1. The van der Waals surface area contributed by atoms with Crippen LogP contribution < -0.4 is 10.1 Å². The fourth-order valence-corrected chi connectivity index (χ4v) is 4.96. The van der Waals surface area contributed by atoms with E-state index in [0.29, 0.717) is 41.7 Å². The summed E-state index contributed by atoms with van der Waals surface area (Å²) in [5.74, 6) is 0.379. The van der Waals surface area contributed by atoms with Crippen molar-refractivity contribution in [3.05, 3.63) is 63.6 Å². The van der Waals surface area contributed by atoms with Crippen LogP contribution in [0.5, 0.6) is 5.75 Å². The van der Waals surface area contributed by atoms with Gasteiger partial charge in [0, 0.05) is 41.8 Å². The SMILES string of the molecule is COc1ccccc1COCC(NC(=O)C1(c2cc(Cl)cc(Cl)c2)CC1)C(=O)N1CCN(C)CC1. The number of carbonyl (C=O) groups is 2. The number of nitrogens with zero attached hydrogens (tertiary/aromatic N) is 2. The molecule has 1 N–H and O–H groups in total. The van der Waals surface area contributed by atoms with Crippen molar-refractivity contribution in [2.24, 2.45) is 0 Å². The number of benzene rings is 2. The molecule has 2 aliphatic rings. The van der Waals surface area contributed by atoms with Crippen molar-refractivity contribution >= 4 is 35.0 Å². The molecule has 2 fully saturated rings. The molecule has 1 saturated carbocycles. The van der Waals surface area contributed by atoms with Gasteiger partial charge in [-0.1, -0.05) is 41.4 Å². The number of hydrogen-bond acceptors (Lipinski definition) is 5. The third kappa shape index (κ3) is 6.09. The molecule has 0 spiro atoms. The second-order valence-corrected chi connectivity index (χ2v) is 10.1. The standard InChI is InChI=1S/C26H31Cl2N3O4/c1-30-9-11-31(12-10-30)24(32)22(17-35-16-18-5-3-4-6-23(18)34-2)29-25(33)26(7-8-26)19-13-20(27)15-21(28)14-19/h3-6,13-15,22H,7-12,16-17H2,1-2H3,(H,29,33). The van der Waals surface area contributed by atoms with Gasteiger partial charge in [0.15, 0.2) is 0 Å². The highest BCUT2D eigenvalue weighted by atomic mass is 35.5. The van der Waals surface area contributed by atoms with E-state index in [0.717, 1.165) is 24.2 Å². The highest BCUT2D eigenvalue weighted by molar-refractivity contribution is 6.34. The summed E-state index contributed by atoms with van der Waals surface area (Å²) < 4.78 is 11.3. The number of piperazine rings is 1. The van der Waals surface area contributed by atoms with Gasteiger partial charge in [0.1, 0.15) is 11.8 Å². The van der Waals surface area contributed by atoms with Crippen LogP contribution >= 0.6 is 23.2 Å². The average molecular weight is 520 g/mol. The first kappa shape index (κ1) is 25.8. The lowest BCUT2D eigenvalue weighted by atomic mass is 9.94. The number of likely N-dealkylation sites (N-methyl/N-ethyl adjacent to an activating group) is 1. The van der Waals surface area contributed by atoms with Crippen molar-refractivity contribution in [1.82, 2.24) is 15.1 Å². The lowest BCUT2D eigenvalue weighted by Crippen LogP contribution is -2.56. The van der Waals surface area contributed by atoms with Crippen LogP contribution in [-0.2, 0) is 26.3 Å². The van der Waals surface area contributed by atoms with Crippen LogP contribution in [0.1, 0.15) is 24.0 Å². The van der Waals surface area contributed by atoms with Gasteiger partial charge in [-0.15, -0.1) is 0 Å². The third-order valence-electron chi connectivity index (χ3n) is 6.75. The van der Waals surface area contributed by atoms with Gasteiger partial charge in [-0.05, 0) is 49.7 Å². The van der Waals surface area contributed by atoms with E-state index in [9.17, 15) is 9.59 Å². The fraction of sp³-hybridized carbons (Fsp3) is 0.462. The smallest absolute Gasteiger partial charge is 0.247 e. The van der Waals surface area contributed by atoms with Crippen molar-refractivity contribution in [2.45, 2.75) is 30.9 Å². The number of ether oxygens (including phenoxy) is 2. The first-order valence-corrected chi connectivity index (χ1v) is 12.5. The van der Waals surface area contributed by atoms with Crippen molar-refractivity contribution in [3.63, 3.8) is 0 Å². The van der Waals surface area contributed by atoms with Crippen LogP contribution in [-0.4, -0.2) is 74.6 Å². The summed E-state index contributed by atoms with van der Waals surface area (Å²) in [6.45, 7) is 3.13. The van der Waals surface area contributed by atoms with Crippen LogP contribution in [0.2, 0.25) is 10.0 Å². The molecule has 9 heteroatoms. The Balaban J connectivity index is 1.48. The van der Waals surface area contributed by atoms with Gasteiger partial charge in [-0.25, -0.2) is 0 Å². The number of carbonyl (C=O) groups excluding carboxylic acids is 2. The van der Waals surface area contributed by atoms with Crippen LogP contribution in [0.4, 0.5) is 0 Å². The van der Waals surface area contributed by atoms with E-state index in [2.05, 4.69) is 10.2 Å². The number of methoxy groups -OCH3 is 1. The molecule has 1 aliphatic heterocycles. The molecule has 1 aliphatic carbocycles. The molecule has 1 heterocycles. The molecule has 7 nitrogen and oxygen atoms in total. The lowest BCUT2D eigenvalue weighted by Gasteiger charge is -2.35. The Morgan fingerprint density at radius 3 is 2.34 bits per heavy atom. The number of halogens is 2. The molecule has 188 valence electrons. The van der Waals surface area contributed by atoms with Gasteiger partial charge in [0.2, 0.25) is 11.8 Å². The molecule has 0 radical (unpaired) electrons. The molecular weight excluding hydrogens is 489 g/mol. The normalized spacial score (nSPS) is 18.1. The van der Waals surface area contributed by atoms with Crippen molar-refractivity contribution in [2.75, 3.05) is 46.9 Å². The lowest BCUT2D eigenvalue weighted by molar-refractivity contribution is -0.140. The summed E-state index contributed by atoms with van der Waals surface area (Å²) in [5.41, 5.74) is 0.922. The molecular formula is C26H31Cl2N3O4. The van der Waals surface area contributed by atoms with E-state index in [4.69, 9.17) is 32.7 Å². The number of nitrogens with one attached hydrogen (secondary N) is 1. The summed E-state index contributed by atoms with van der Waals surface area (Å²) >= 11 is 12.4. The highest BCUT2D eigenvalue weighted by Gasteiger charge is 2.52. The van der Waals surface area contributed by atoms with Gasteiger partial charge in [-0.3, -0.25) is 9.59 Å². The molecule has 4 rings (SSSR count). The van der Waals surface area contributed by atoms with Crippen LogP contribution in [0.15, 0.2) is 42.5 Å². The highest BCUT2D eigenvalue weighted by Crippen LogP contribution is 2.49. The van der Waals surface area contributed by atoms with E-state index in [1.54, 1.807) is 30.2 Å². The van der Waals surface area contributed by atoms with Crippen LogP contribution in [0.25, 0.3) is 0 Å². The Labute approximate surface area is 216 Å². The first-order chi connectivity index (χ1) is 16.8. The van der Waals surface area contributed by atoms with Gasteiger partial charge < -0.3 is 24.6 Å². The van der Waals surface area contributed by atoms with Gasteiger partial charge in [-0.2, -0.15) is 0 Å². The number of rotatable bonds is 9. The Hall–Kier alpha value is -2.32. The maximum atomic E-state index is 13.5. The van der Waals surface area contributed by atoms with E-state index < -0.39 is 11.5 Å². The minimum atomic E-state index is -0.798. The average Bonchev–Trinajstić information content (AvgIpc) is 3.65. The van der Waals surface area contributed by atoms with Crippen LogP contribution in [0.3, 0.4) is 0 Å². The summed E-state index contributed by atoms with van der Waals surface area (Å²) in [6.07, 6.45) is 1.35. The molecule has 1 atom stereocenters. The van der Waals surface area contributed by atoms with Gasteiger partial charge in [0.05, 0.1) is 25.7 Å². The zero-order chi connectivity index (χ0) is 25.0. The molecule has 2 amide bonds. The van der Waals surface area contributed by atoms with E-state index in [-0.39, 0.29) is 25.0 Å². The largest absolute Gasteiger partial charge is 0.496 e. The van der Waals surface area contributed by atoms with E-state index in [1.807, 2.05) is 31.3 Å². The quantitative estimate of drug-likeness (QED) is 0.548. The van der Waals surface area contributed by atoms with Crippen molar-refractivity contribution < 1.29 is 19.1 Å². The second kappa shape index (κ2) is 11.2. The molecule has 1 saturated heterocycles. The molecule has 0 bridgehead atoms. The number of amides is 2. The maximum Gasteiger partial charge on any atom is 0.247 e. The van der Waals surface area contributed by atoms with Crippen molar-refractivity contribution in [3.8, 4) is 5.75 Å². The molecule has 2 aromatic rings. The monoisotopic (exact) mass is 519 g/mol. The van der Waals surface area contributed by atoms with Gasteiger partial charge >= 0.3 is 0 Å². The minimum Gasteiger partial charge on any atom is -0.496 e. The maximum absolute atomic E-state index is 13.5. The van der Waals surface area contributed by atoms with E-state index >= 15 is 0 Å². The summed E-state index contributed by atoms with van der Waals surface area (Å²) in [6, 6.07) is 12.0. The Kier molecular flexibility index (Phi) is 8.22. The first-order valence-electron chi connectivity index (χ1n) is 11.8. The zero-order valence-corrected chi connectivity index (χ0v) is 21.6. The molecule has 0 aromatic heterocycles. The summed E-state index contributed by atoms with van der Waals surface area (Å²) in [4.78, 5) is 30.9. The summed E-state index contributed by atoms with van der Waals surface area (Å²) in [7, 11) is 3.64. The number of para-hydroxylation sites is 1. The summed E-state index contributed by atoms with van der Waals surface area (Å²) in [5, 5.41) is 3.96. The van der Waals surface area contributed by atoms with E-state index in [1.165, 1.54) is 0 Å². The Morgan fingerprint density at radius 2 is 1.71 bits per heavy atom. The topological polar surface area (TPSA) is 71.1 Å². The zero-order valence-electron chi connectivity index (χ0n) is 20.1. The third-order valence-corrected chi connectivity index (χ3v) is 7.19. The Morgan fingerprint density at radius 1 is 1.06 bits per heavy atom. The minimum absolute atomic E-state index is 0.0569. The fourth-order valence-electron chi connectivity index (χ4n) is 4.43. The molecule has 35 heavy (non-hydrogen) atoms. The molecule has 1 unspecified atom stereocenters. The molecule has 2 aromatic carbocycles. The predicted octanol–water partition coefficient (Wildman–Crippen LogP) is 3.51. The van der Waals surface area contributed by atoms with Crippen molar-refractivity contribution in [1.29, 1.82) is 0 Å². The second-order valence-electron chi connectivity index (χ2n) is 9.22.